The molecule has 1 unspecified atom stereocenters. The predicted molar refractivity (Wildman–Crippen MR) is 73.8 cm³/mol. The molecule has 5 heteroatoms. The van der Waals surface area contributed by atoms with Gasteiger partial charge in [0.05, 0.1) is 0 Å². The van der Waals surface area contributed by atoms with Crippen LogP contribution in [0, 0.1) is 0 Å². The first kappa shape index (κ1) is 13.5. The molecule has 0 aliphatic carbocycles. The van der Waals surface area contributed by atoms with Gasteiger partial charge in [-0.1, -0.05) is 6.07 Å². The zero-order valence-corrected chi connectivity index (χ0v) is 10.8. The number of primary amides is 1. The molecule has 2 rings (SSSR count). The number of anilines is 1. The van der Waals surface area contributed by atoms with Gasteiger partial charge in [-0.25, -0.2) is 0 Å². The van der Waals surface area contributed by atoms with Crippen molar-refractivity contribution in [2.45, 2.75) is 31.7 Å². The first-order valence-corrected chi connectivity index (χ1v) is 6.58. The van der Waals surface area contributed by atoms with Crippen molar-refractivity contribution < 1.29 is 9.59 Å². The van der Waals surface area contributed by atoms with Crippen LogP contribution in [-0.2, 0) is 4.79 Å². The monoisotopic (exact) mass is 261 g/mol. The van der Waals surface area contributed by atoms with E-state index in [2.05, 4.69) is 10.6 Å². The number of hydrogen-bond donors (Lipinski definition) is 3. The van der Waals surface area contributed by atoms with Gasteiger partial charge in [0.15, 0.2) is 0 Å². The fraction of sp³-hybridized carbons (Fsp3) is 0.429. The van der Waals surface area contributed by atoms with Crippen LogP contribution in [0.2, 0.25) is 0 Å². The van der Waals surface area contributed by atoms with Crippen molar-refractivity contribution in [3.8, 4) is 0 Å². The number of carbonyl (C=O) groups excluding carboxylic acids is 2. The summed E-state index contributed by atoms with van der Waals surface area (Å²) in [6.07, 6.45) is 3.66. The Morgan fingerprint density at radius 3 is 2.95 bits per heavy atom. The molecule has 1 aromatic carbocycles. The van der Waals surface area contributed by atoms with Crippen LogP contribution in [-0.4, -0.2) is 24.4 Å². The fourth-order valence-corrected chi connectivity index (χ4v) is 2.28. The van der Waals surface area contributed by atoms with Crippen LogP contribution in [0.1, 0.15) is 36.0 Å². The average Bonchev–Trinajstić information content (AvgIpc) is 2.90. The molecule has 1 aliphatic heterocycles. The van der Waals surface area contributed by atoms with Crippen molar-refractivity contribution in [2.75, 3.05) is 11.9 Å². The molecule has 2 amide bonds. The summed E-state index contributed by atoms with van der Waals surface area (Å²) in [7, 11) is 0. The standard InChI is InChI=1S/C14H19N3O2/c15-14(19)10-3-1-4-12(9-10)17-13(18)7-6-11-5-2-8-16-11/h1,3-4,9,11,16H,2,5-8H2,(H2,15,19)(H,17,18). The van der Waals surface area contributed by atoms with E-state index in [9.17, 15) is 9.59 Å². The van der Waals surface area contributed by atoms with E-state index in [1.54, 1.807) is 24.3 Å². The molecule has 1 aromatic rings. The number of benzene rings is 1. The van der Waals surface area contributed by atoms with Gasteiger partial charge in [-0.2, -0.15) is 0 Å². The molecular weight excluding hydrogens is 242 g/mol. The quantitative estimate of drug-likeness (QED) is 0.746. The third-order valence-electron chi connectivity index (χ3n) is 3.31. The second-order valence-electron chi connectivity index (χ2n) is 4.83. The number of nitrogens with two attached hydrogens (primary N) is 1. The minimum absolute atomic E-state index is 0.0321. The molecule has 19 heavy (non-hydrogen) atoms. The van der Waals surface area contributed by atoms with E-state index >= 15 is 0 Å². The second kappa shape index (κ2) is 6.33. The number of rotatable bonds is 5. The normalized spacial score (nSPS) is 18.2. The van der Waals surface area contributed by atoms with Gasteiger partial charge >= 0.3 is 0 Å². The zero-order chi connectivity index (χ0) is 13.7. The lowest BCUT2D eigenvalue weighted by molar-refractivity contribution is -0.116. The Kier molecular flexibility index (Phi) is 4.52. The SMILES string of the molecule is NC(=O)c1cccc(NC(=O)CCC2CCCN2)c1. The van der Waals surface area contributed by atoms with E-state index in [4.69, 9.17) is 5.73 Å². The maximum Gasteiger partial charge on any atom is 0.248 e. The van der Waals surface area contributed by atoms with Crippen LogP contribution in [0.15, 0.2) is 24.3 Å². The van der Waals surface area contributed by atoms with E-state index in [-0.39, 0.29) is 5.91 Å². The van der Waals surface area contributed by atoms with Crippen LogP contribution in [0.4, 0.5) is 5.69 Å². The lowest BCUT2D eigenvalue weighted by atomic mass is 10.1. The minimum atomic E-state index is -0.494. The van der Waals surface area contributed by atoms with Crippen LogP contribution in [0.3, 0.4) is 0 Å². The molecule has 0 aromatic heterocycles. The number of carbonyl (C=O) groups is 2. The molecule has 0 saturated carbocycles. The molecule has 5 nitrogen and oxygen atoms in total. The van der Waals surface area contributed by atoms with Gasteiger partial charge in [0.1, 0.15) is 0 Å². The molecular formula is C14H19N3O2. The average molecular weight is 261 g/mol. The van der Waals surface area contributed by atoms with Crippen molar-refractivity contribution in [3.63, 3.8) is 0 Å². The van der Waals surface area contributed by atoms with E-state index in [1.165, 1.54) is 6.42 Å². The second-order valence-corrected chi connectivity index (χ2v) is 4.83. The van der Waals surface area contributed by atoms with Crippen molar-refractivity contribution >= 4 is 17.5 Å². The van der Waals surface area contributed by atoms with Gasteiger partial charge in [0.25, 0.3) is 0 Å². The molecule has 4 N–H and O–H groups in total. The summed E-state index contributed by atoms with van der Waals surface area (Å²) >= 11 is 0. The molecule has 0 bridgehead atoms. The Balaban J connectivity index is 1.84. The van der Waals surface area contributed by atoms with E-state index in [0.717, 1.165) is 19.4 Å². The molecule has 0 radical (unpaired) electrons. The predicted octanol–water partition coefficient (Wildman–Crippen LogP) is 1.26. The van der Waals surface area contributed by atoms with E-state index in [0.29, 0.717) is 23.7 Å². The summed E-state index contributed by atoms with van der Waals surface area (Å²) in [5.41, 5.74) is 6.21. The van der Waals surface area contributed by atoms with Gasteiger partial charge in [-0.3, -0.25) is 9.59 Å². The molecule has 0 spiro atoms. The zero-order valence-electron chi connectivity index (χ0n) is 10.8. The number of hydrogen-bond acceptors (Lipinski definition) is 3. The van der Waals surface area contributed by atoms with Crippen molar-refractivity contribution in [3.05, 3.63) is 29.8 Å². The first-order chi connectivity index (χ1) is 9.15. The van der Waals surface area contributed by atoms with Crippen LogP contribution in [0.5, 0.6) is 0 Å². The largest absolute Gasteiger partial charge is 0.366 e. The van der Waals surface area contributed by atoms with Gasteiger partial charge < -0.3 is 16.4 Å². The summed E-state index contributed by atoms with van der Waals surface area (Å²) in [6.45, 7) is 1.05. The highest BCUT2D eigenvalue weighted by molar-refractivity contribution is 5.96. The third kappa shape index (κ3) is 4.06. The van der Waals surface area contributed by atoms with Crippen LogP contribution < -0.4 is 16.4 Å². The fourth-order valence-electron chi connectivity index (χ4n) is 2.28. The Bertz CT molecular complexity index is 468. The topological polar surface area (TPSA) is 84.2 Å². The minimum Gasteiger partial charge on any atom is -0.366 e. The third-order valence-corrected chi connectivity index (χ3v) is 3.31. The van der Waals surface area contributed by atoms with Crippen molar-refractivity contribution in [2.24, 2.45) is 5.73 Å². The van der Waals surface area contributed by atoms with Crippen molar-refractivity contribution in [1.82, 2.24) is 5.32 Å². The summed E-state index contributed by atoms with van der Waals surface area (Å²) < 4.78 is 0. The summed E-state index contributed by atoms with van der Waals surface area (Å²) in [5.74, 6) is -0.526. The molecule has 1 aliphatic rings. The first-order valence-electron chi connectivity index (χ1n) is 6.58. The smallest absolute Gasteiger partial charge is 0.248 e. The van der Waals surface area contributed by atoms with Gasteiger partial charge in [0, 0.05) is 23.7 Å². The molecule has 1 fully saturated rings. The lowest BCUT2D eigenvalue weighted by Gasteiger charge is -2.10. The van der Waals surface area contributed by atoms with Crippen LogP contribution >= 0.6 is 0 Å². The maximum absolute atomic E-state index is 11.8. The summed E-state index contributed by atoms with van der Waals surface area (Å²) in [4.78, 5) is 22.8. The summed E-state index contributed by atoms with van der Waals surface area (Å²) in [6, 6.07) is 7.13. The van der Waals surface area contributed by atoms with Crippen molar-refractivity contribution in [1.29, 1.82) is 0 Å². The Hall–Kier alpha value is -1.88. The Morgan fingerprint density at radius 1 is 1.42 bits per heavy atom. The lowest BCUT2D eigenvalue weighted by Crippen LogP contribution is -2.23. The number of amides is 2. The molecule has 1 atom stereocenters. The Labute approximate surface area is 112 Å². The highest BCUT2D eigenvalue weighted by Crippen LogP contribution is 2.13. The molecule has 1 heterocycles. The van der Waals surface area contributed by atoms with E-state index in [1.807, 2.05) is 0 Å². The number of nitrogens with one attached hydrogen (secondary N) is 2. The Morgan fingerprint density at radius 2 is 2.26 bits per heavy atom. The van der Waals surface area contributed by atoms with Gasteiger partial charge in [0.2, 0.25) is 11.8 Å². The van der Waals surface area contributed by atoms with E-state index < -0.39 is 5.91 Å². The highest BCUT2D eigenvalue weighted by atomic mass is 16.2. The highest BCUT2D eigenvalue weighted by Gasteiger charge is 2.15. The molecule has 1 saturated heterocycles. The van der Waals surface area contributed by atoms with Crippen LogP contribution in [0.25, 0.3) is 0 Å². The van der Waals surface area contributed by atoms with Gasteiger partial charge in [-0.15, -0.1) is 0 Å². The maximum atomic E-state index is 11.8. The summed E-state index contributed by atoms with van der Waals surface area (Å²) in [5, 5.41) is 6.15. The molecule has 102 valence electrons. The van der Waals surface area contributed by atoms with Gasteiger partial charge in [-0.05, 0) is 44.0 Å².